The monoisotopic (exact) mass is 256 g/mol. The molecule has 1 N–H and O–H groups in total. The molecule has 5 heteroatoms. The molecule has 1 amide bonds. The molecule has 1 saturated heterocycles. The van der Waals surface area contributed by atoms with Crippen LogP contribution < -0.4 is 4.90 Å². The Morgan fingerprint density at radius 3 is 3.00 bits per heavy atom. The first-order valence-electron chi connectivity index (χ1n) is 6.06. The number of aromatic nitrogens is 1. The van der Waals surface area contributed by atoms with Gasteiger partial charge >= 0.3 is 5.97 Å². The van der Waals surface area contributed by atoms with Crippen LogP contribution in [0.25, 0.3) is 10.9 Å². The second-order valence-electron chi connectivity index (χ2n) is 4.54. The molecule has 0 saturated carbocycles. The number of anilines is 1. The van der Waals surface area contributed by atoms with Gasteiger partial charge in [-0.25, -0.2) is 4.79 Å². The van der Waals surface area contributed by atoms with Crippen LogP contribution >= 0.6 is 0 Å². The summed E-state index contributed by atoms with van der Waals surface area (Å²) in [4.78, 5) is 28.6. The lowest BCUT2D eigenvalue weighted by Gasteiger charge is -2.21. The predicted molar refractivity (Wildman–Crippen MR) is 69.9 cm³/mol. The van der Waals surface area contributed by atoms with Gasteiger partial charge in [0.25, 0.3) is 0 Å². The van der Waals surface area contributed by atoms with E-state index in [2.05, 4.69) is 4.98 Å². The molecule has 2 aromatic rings. The average Bonchev–Trinajstić information content (AvgIpc) is 2.80. The number of benzene rings is 1. The smallest absolute Gasteiger partial charge is 0.326 e. The molecule has 1 atom stereocenters. The number of hydrogen-bond donors (Lipinski definition) is 1. The molecule has 1 fully saturated rings. The van der Waals surface area contributed by atoms with Crippen LogP contribution in [0, 0.1) is 0 Å². The molecule has 1 aliphatic heterocycles. The van der Waals surface area contributed by atoms with Crippen LogP contribution in [-0.4, -0.2) is 28.0 Å². The Balaban J connectivity index is 2.07. The zero-order valence-corrected chi connectivity index (χ0v) is 10.1. The van der Waals surface area contributed by atoms with Crippen LogP contribution in [0.2, 0.25) is 0 Å². The van der Waals surface area contributed by atoms with E-state index in [0.29, 0.717) is 12.1 Å². The Labute approximate surface area is 109 Å². The van der Waals surface area contributed by atoms with Gasteiger partial charge in [0.05, 0.1) is 5.52 Å². The maximum atomic E-state index is 11.9. The first-order chi connectivity index (χ1) is 9.16. The minimum atomic E-state index is -0.961. The lowest BCUT2D eigenvalue weighted by Crippen LogP contribution is -2.38. The van der Waals surface area contributed by atoms with E-state index in [1.807, 2.05) is 18.2 Å². The van der Waals surface area contributed by atoms with Crippen molar-refractivity contribution in [2.75, 3.05) is 4.90 Å². The van der Waals surface area contributed by atoms with Crippen molar-refractivity contribution >= 4 is 28.5 Å². The van der Waals surface area contributed by atoms with Crippen molar-refractivity contribution in [2.24, 2.45) is 0 Å². The van der Waals surface area contributed by atoms with Gasteiger partial charge in [0.1, 0.15) is 6.04 Å². The summed E-state index contributed by atoms with van der Waals surface area (Å²) in [5, 5.41) is 10.1. The molecular weight excluding hydrogens is 244 g/mol. The minimum absolute atomic E-state index is 0.143. The number of pyridine rings is 1. The predicted octanol–water partition coefficient (Wildman–Crippen LogP) is 1.81. The maximum absolute atomic E-state index is 11.9. The van der Waals surface area contributed by atoms with Gasteiger partial charge in [0.15, 0.2) is 0 Å². The summed E-state index contributed by atoms with van der Waals surface area (Å²) >= 11 is 0. The fourth-order valence-corrected chi connectivity index (χ4v) is 2.45. The highest BCUT2D eigenvalue weighted by molar-refractivity contribution is 6.03. The van der Waals surface area contributed by atoms with E-state index in [-0.39, 0.29) is 12.3 Å². The van der Waals surface area contributed by atoms with Gasteiger partial charge in [0, 0.05) is 23.7 Å². The highest BCUT2D eigenvalue weighted by Crippen LogP contribution is 2.29. The van der Waals surface area contributed by atoms with Crippen LogP contribution in [-0.2, 0) is 9.59 Å². The lowest BCUT2D eigenvalue weighted by atomic mass is 10.1. The fourth-order valence-electron chi connectivity index (χ4n) is 2.45. The number of carboxylic acids is 1. The fraction of sp³-hybridized carbons (Fsp3) is 0.214. The molecule has 19 heavy (non-hydrogen) atoms. The quantitative estimate of drug-likeness (QED) is 0.889. The van der Waals surface area contributed by atoms with Crippen molar-refractivity contribution in [1.29, 1.82) is 0 Å². The first-order valence-corrected chi connectivity index (χ1v) is 6.06. The summed E-state index contributed by atoms with van der Waals surface area (Å²) in [6.07, 6.45) is 2.34. The van der Waals surface area contributed by atoms with Crippen LogP contribution in [0.4, 0.5) is 5.69 Å². The largest absolute Gasteiger partial charge is 0.480 e. The van der Waals surface area contributed by atoms with E-state index < -0.39 is 12.0 Å². The number of nitrogens with zero attached hydrogens (tertiary/aromatic N) is 2. The molecule has 0 bridgehead atoms. The normalized spacial score (nSPS) is 19.1. The Bertz CT molecular complexity index is 669. The number of carbonyl (C=O) groups is 2. The van der Waals surface area contributed by atoms with Gasteiger partial charge in [-0.15, -0.1) is 0 Å². The first kappa shape index (κ1) is 11.6. The number of amides is 1. The van der Waals surface area contributed by atoms with Crippen LogP contribution in [0.5, 0.6) is 0 Å². The molecular formula is C14H12N2O3. The van der Waals surface area contributed by atoms with Gasteiger partial charge < -0.3 is 5.11 Å². The number of hydrogen-bond acceptors (Lipinski definition) is 3. The van der Waals surface area contributed by atoms with Crippen molar-refractivity contribution in [3.05, 3.63) is 36.5 Å². The summed E-state index contributed by atoms with van der Waals surface area (Å²) in [5.74, 6) is -1.10. The molecule has 5 nitrogen and oxygen atoms in total. The summed E-state index contributed by atoms with van der Waals surface area (Å²) < 4.78 is 0. The maximum Gasteiger partial charge on any atom is 0.326 e. The third-order valence-electron chi connectivity index (χ3n) is 3.36. The highest BCUT2D eigenvalue weighted by Gasteiger charge is 2.37. The van der Waals surface area contributed by atoms with Gasteiger partial charge in [-0.2, -0.15) is 0 Å². The van der Waals surface area contributed by atoms with Crippen molar-refractivity contribution in [3.8, 4) is 0 Å². The van der Waals surface area contributed by atoms with Crippen molar-refractivity contribution < 1.29 is 14.7 Å². The summed E-state index contributed by atoms with van der Waals surface area (Å²) in [7, 11) is 0. The Hall–Kier alpha value is -2.43. The summed E-state index contributed by atoms with van der Waals surface area (Å²) in [5.41, 5.74) is 1.44. The number of carbonyl (C=O) groups excluding carboxylic acids is 1. The molecule has 0 radical (unpaired) electrons. The van der Waals surface area contributed by atoms with Gasteiger partial charge in [-0.1, -0.05) is 6.07 Å². The topological polar surface area (TPSA) is 70.5 Å². The zero-order valence-electron chi connectivity index (χ0n) is 10.1. The Kier molecular flexibility index (Phi) is 2.67. The number of aliphatic carboxylic acids is 1. The third-order valence-corrected chi connectivity index (χ3v) is 3.36. The number of fused-ring (bicyclic) bond motifs is 1. The SMILES string of the molecule is O=C(O)[C@@H]1CCC(=O)N1c1ccc2ncccc2c1. The van der Waals surface area contributed by atoms with Gasteiger partial charge in [-0.05, 0) is 30.7 Å². The summed E-state index contributed by atoms with van der Waals surface area (Å²) in [6.45, 7) is 0. The zero-order chi connectivity index (χ0) is 13.4. The van der Waals surface area contributed by atoms with Crippen molar-refractivity contribution in [3.63, 3.8) is 0 Å². The van der Waals surface area contributed by atoms with Crippen LogP contribution in [0.1, 0.15) is 12.8 Å². The second-order valence-corrected chi connectivity index (χ2v) is 4.54. The van der Waals surface area contributed by atoms with Crippen molar-refractivity contribution in [2.45, 2.75) is 18.9 Å². The molecule has 96 valence electrons. The standard InChI is InChI=1S/C14H12N2O3/c17-13-6-5-12(14(18)19)16(13)10-3-4-11-9(8-10)2-1-7-15-11/h1-4,7-8,12H,5-6H2,(H,18,19)/t12-/m0/s1. The van der Waals surface area contributed by atoms with E-state index in [1.165, 1.54) is 4.90 Å². The average molecular weight is 256 g/mol. The highest BCUT2D eigenvalue weighted by atomic mass is 16.4. The summed E-state index contributed by atoms with van der Waals surface area (Å²) in [6, 6.07) is 8.29. The van der Waals surface area contributed by atoms with E-state index >= 15 is 0 Å². The van der Waals surface area contributed by atoms with E-state index in [0.717, 1.165) is 10.9 Å². The molecule has 0 aliphatic carbocycles. The number of rotatable bonds is 2. The van der Waals surface area contributed by atoms with E-state index in [9.17, 15) is 9.59 Å². The van der Waals surface area contributed by atoms with Crippen molar-refractivity contribution in [1.82, 2.24) is 4.98 Å². The Morgan fingerprint density at radius 1 is 1.37 bits per heavy atom. The molecule has 1 aliphatic rings. The van der Waals surface area contributed by atoms with E-state index in [1.54, 1.807) is 18.3 Å². The lowest BCUT2D eigenvalue weighted by molar-refractivity contribution is -0.138. The van der Waals surface area contributed by atoms with Gasteiger partial charge in [-0.3, -0.25) is 14.7 Å². The molecule has 1 aromatic carbocycles. The Morgan fingerprint density at radius 2 is 2.21 bits per heavy atom. The molecule has 0 unspecified atom stereocenters. The van der Waals surface area contributed by atoms with Gasteiger partial charge in [0.2, 0.25) is 5.91 Å². The van der Waals surface area contributed by atoms with Crippen LogP contribution in [0.3, 0.4) is 0 Å². The third kappa shape index (κ3) is 1.93. The molecule has 1 aromatic heterocycles. The molecule has 0 spiro atoms. The van der Waals surface area contributed by atoms with E-state index in [4.69, 9.17) is 5.11 Å². The number of carboxylic acid groups (broad SMARTS) is 1. The van der Waals surface area contributed by atoms with Crippen LogP contribution in [0.15, 0.2) is 36.5 Å². The minimum Gasteiger partial charge on any atom is -0.480 e. The second kappa shape index (κ2) is 4.35. The molecule has 3 rings (SSSR count). The molecule has 2 heterocycles.